The molecule has 1 aromatic heterocycles. The number of likely N-dealkylation sites (N-methyl/N-ethyl adjacent to an activating group) is 1. The molecule has 0 atom stereocenters. The summed E-state index contributed by atoms with van der Waals surface area (Å²) in [6, 6.07) is 13.8. The number of aromatic nitrogens is 2. The fraction of sp³-hybridized carbons (Fsp3) is 0.217. The summed E-state index contributed by atoms with van der Waals surface area (Å²) in [7, 11) is 1.50. The van der Waals surface area contributed by atoms with E-state index in [1.165, 1.54) is 36.1 Å². The molecule has 0 aliphatic carbocycles. The van der Waals surface area contributed by atoms with E-state index in [0.717, 1.165) is 4.90 Å². The molecule has 2 amide bonds. The summed E-state index contributed by atoms with van der Waals surface area (Å²) in [5, 5.41) is 18.2. The zero-order valence-electron chi connectivity index (χ0n) is 18.8. The van der Waals surface area contributed by atoms with Crippen molar-refractivity contribution in [3.05, 3.63) is 86.3 Å². The third-order valence-electron chi connectivity index (χ3n) is 4.97. The Hall–Kier alpha value is -4.54. The molecule has 0 saturated heterocycles. The molecule has 11 nitrogen and oxygen atoms in total. The number of hydrogen-bond donors (Lipinski definition) is 1. The van der Waals surface area contributed by atoms with Crippen LogP contribution in [0.1, 0.15) is 23.1 Å². The van der Waals surface area contributed by atoms with E-state index in [4.69, 9.17) is 4.74 Å². The number of ether oxygens (including phenoxy) is 1. The molecule has 34 heavy (non-hydrogen) atoms. The van der Waals surface area contributed by atoms with Gasteiger partial charge in [-0.3, -0.25) is 24.5 Å². The first-order valence-corrected chi connectivity index (χ1v) is 10.3. The number of nitro benzene ring substituents is 1. The second kappa shape index (κ2) is 10.4. The molecule has 3 rings (SSSR count). The Morgan fingerprint density at radius 3 is 2.59 bits per heavy atom. The quantitative estimate of drug-likeness (QED) is 0.399. The van der Waals surface area contributed by atoms with E-state index in [-0.39, 0.29) is 24.5 Å². The van der Waals surface area contributed by atoms with E-state index >= 15 is 0 Å². The number of benzene rings is 2. The highest BCUT2D eigenvalue weighted by Crippen LogP contribution is 2.22. The Bertz CT molecular complexity index is 1300. The number of carbonyl (C=O) groups excluding carboxylic acids is 2. The van der Waals surface area contributed by atoms with Gasteiger partial charge in [0.1, 0.15) is 18.0 Å². The number of methoxy groups -OCH3 is 1. The second-order valence-electron chi connectivity index (χ2n) is 7.26. The van der Waals surface area contributed by atoms with Crippen molar-refractivity contribution in [3.63, 3.8) is 0 Å². The third kappa shape index (κ3) is 5.26. The highest BCUT2D eigenvalue weighted by molar-refractivity contribution is 5.98. The van der Waals surface area contributed by atoms with Gasteiger partial charge in [0.15, 0.2) is 5.69 Å². The minimum atomic E-state index is -0.763. The summed E-state index contributed by atoms with van der Waals surface area (Å²) in [4.78, 5) is 50.3. The molecule has 0 saturated carbocycles. The van der Waals surface area contributed by atoms with Crippen molar-refractivity contribution in [1.82, 2.24) is 14.7 Å². The van der Waals surface area contributed by atoms with Crippen molar-refractivity contribution in [2.24, 2.45) is 0 Å². The Labute approximate surface area is 194 Å². The van der Waals surface area contributed by atoms with Crippen molar-refractivity contribution < 1.29 is 19.2 Å². The Morgan fingerprint density at radius 1 is 1.18 bits per heavy atom. The number of rotatable bonds is 8. The lowest BCUT2D eigenvalue weighted by atomic mass is 10.2. The first kappa shape index (κ1) is 24.1. The second-order valence-corrected chi connectivity index (χ2v) is 7.26. The smallest absolute Gasteiger partial charge is 0.294 e. The molecule has 0 aliphatic rings. The van der Waals surface area contributed by atoms with Gasteiger partial charge in [-0.25, -0.2) is 4.68 Å². The topological polar surface area (TPSA) is 137 Å². The van der Waals surface area contributed by atoms with Crippen LogP contribution in [-0.2, 0) is 4.79 Å². The van der Waals surface area contributed by atoms with Crippen molar-refractivity contribution in [2.45, 2.75) is 13.8 Å². The number of carbonyl (C=O) groups is 2. The predicted molar refractivity (Wildman–Crippen MR) is 124 cm³/mol. The van der Waals surface area contributed by atoms with E-state index in [0.29, 0.717) is 17.1 Å². The summed E-state index contributed by atoms with van der Waals surface area (Å²) >= 11 is 0. The molecular formula is C23H23N5O6. The maximum absolute atomic E-state index is 13.1. The summed E-state index contributed by atoms with van der Waals surface area (Å²) in [5.74, 6) is -0.684. The average Bonchev–Trinajstić information content (AvgIpc) is 2.82. The number of para-hydroxylation sites is 2. The summed E-state index contributed by atoms with van der Waals surface area (Å²) in [6.45, 7) is 3.02. The summed E-state index contributed by atoms with van der Waals surface area (Å²) in [5.41, 5.74) is -0.415. The van der Waals surface area contributed by atoms with E-state index in [1.54, 1.807) is 44.2 Å². The van der Waals surface area contributed by atoms with Gasteiger partial charge in [0.2, 0.25) is 11.3 Å². The van der Waals surface area contributed by atoms with Crippen molar-refractivity contribution in [2.75, 3.05) is 25.5 Å². The lowest BCUT2D eigenvalue weighted by Crippen LogP contribution is -2.41. The largest absolute Gasteiger partial charge is 0.497 e. The minimum Gasteiger partial charge on any atom is -0.497 e. The fourth-order valence-corrected chi connectivity index (χ4v) is 3.29. The average molecular weight is 465 g/mol. The van der Waals surface area contributed by atoms with Crippen LogP contribution < -0.4 is 15.5 Å². The third-order valence-corrected chi connectivity index (χ3v) is 4.97. The SMILES string of the molecule is CCN(CC(=O)Nc1cccc(OC)c1)C(=O)c1nn(-c2ccccc2[N+](=O)[O-])c(C)cc1=O. The molecule has 2 aromatic carbocycles. The van der Waals surface area contributed by atoms with Gasteiger partial charge >= 0.3 is 0 Å². The molecule has 11 heteroatoms. The van der Waals surface area contributed by atoms with Gasteiger partial charge < -0.3 is 15.0 Å². The number of amides is 2. The Kier molecular flexibility index (Phi) is 7.36. The number of hydrogen-bond acceptors (Lipinski definition) is 7. The molecule has 0 spiro atoms. The lowest BCUT2D eigenvalue weighted by Gasteiger charge is -2.20. The molecule has 0 radical (unpaired) electrons. The summed E-state index contributed by atoms with van der Waals surface area (Å²) in [6.07, 6.45) is 0. The maximum atomic E-state index is 13.1. The minimum absolute atomic E-state index is 0.109. The first-order valence-electron chi connectivity index (χ1n) is 10.3. The molecular weight excluding hydrogens is 442 g/mol. The maximum Gasteiger partial charge on any atom is 0.294 e. The van der Waals surface area contributed by atoms with Gasteiger partial charge in [-0.1, -0.05) is 18.2 Å². The number of anilines is 1. The standard InChI is InChI=1S/C23H23N5O6/c1-4-26(14-21(30)24-16-8-7-9-17(13-16)34-3)23(31)22-20(29)12-15(2)27(25-22)18-10-5-6-11-19(18)28(32)33/h5-13H,4,14H2,1-3H3,(H,24,30). The van der Waals surface area contributed by atoms with Crippen LogP contribution in [0, 0.1) is 17.0 Å². The number of aryl methyl sites for hydroxylation is 1. The van der Waals surface area contributed by atoms with Gasteiger partial charge in [-0.15, -0.1) is 0 Å². The van der Waals surface area contributed by atoms with E-state index in [1.807, 2.05) is 0 Å². The number of nitrogens with zero attached hydrogens (tertiary/aromatic N) is 4. The molecule has 0 unspecified atom stereocenters. The van der Waals surface area contributed by atoms with Crippen LogP contribution in [0.4, 0.5) is 11.4 Å². The van der Waals surface area contributed by atoms with Crippen LogP contribution in [-0.4, -0.2) is 51.6 Å². The van der Waals surface area contributed by atoms with Crippen LogP contribution in [0.25, 0.3) is 5.69 Å². The predicted octanol–water partition coefficient (Wildman–Crippen LogP) is 2.56. The Morgan fingerprint density at radius 2 is 1.91 bits per heavy atom. The molecule has 0 fully saturated rings. The van der Waals surface area contributed by atoms with E-state index < -0.39 is 27.9 Å². The fourth-order valence-electron chi connectivity index (χ4n) is 3.29. The van der Waals surface area contributed by atoms with Crippen LogP contribution in [0.15, 0.2) is 59.4 Å². The number of nitrogens with one attached hydrogen (secondary N) is 1. The van der Waals surface area contributed by atoms with Crippen molar-refractivity contribution in [1.29, 1.82) is 0 Å². The first-order chi connectivity index (χ1) is 16.2. The van der Waals surface area contributed by atoms with Gasteiger partial charge in [-0.05, 0) is 32.0 Å². The zero-order chi connectivity index (χ0) is 24.8. The van der Waals surface area contributed by atoms with Crippen LogP contribution in [0.2, 0.25) is 0 Å². The lowest BCUT2D eigenvalue weighted by molar-refractivity contribution is -0.384. The van der Waals surface area contributed by atoms with E-state index in [2.05, 4.69) is 10.4 Å². The van der Waals surface area contributed by atoms with Gasteiger partial charge in [0, 0.05) is 36.1 Å². The normalized spacial score (nSPS) is 10.4. The van der Waals surface area contributed by atoms with Crippen molar-refractivity contribution in [3.8, 4) is 11.4 Å². The van der Waals surface area contributed by atoms with E-state index in [9.17, 15) is 24.5 Å². The highest BCUT2D eigenvalue weighted by Gasteiger charge is 2.24. The molecule has 0 aliphatic heterocycles. The molecule has 1 N–H and O–H groups in total. The Balaban J connectivity index is 1.89. The molecule has 0 bridgehead atoms. The van der Waals surface area contributed by atoms with Gasteiger partial charge in [-0.2, -0.15) is 5.10 Å². The van der Waals surface area contributed by atoms with Gasteiger partial charge in [0.05, 0.1) is 12.0 Å². The molecule has 1 heterocycles. The van der Waals surface area contributed by atoms with Crippen molar-refractivity contribution >= 4 is 23.2 Å². The van der Waals surface area contributed by atoms with Crippen LogP contribution in [0.5, 0.6) is 5.75 Å². The monoisotopic (exact) mass is 465 g/mol. The highest BCUT2D eigenvalue weighted by atomic mass is 16.6. The van der Waals surface area contributed by atoms with Gasteiger partial charge in [0.25, 0.3) is 11.6 Å². The zero-order valence-corrected chi connectivity index (χ0v) is 18.8. The molecule has 176 valence electrons. The molecule has 3 aromatic rings. The van der Waals surface area contributed by atoms with Crippen LogP contribution in [0.3, 0.4) is 0 Å². The summed E-state index contributed by atoms with van der Waals surface area (Å²) < 4.78 is 6.30. The number of nitro groups is 1. The van der Waals surface area contributed by atoms with Crippen LogP contribution >= 0.6 is 0 Å².